The van der Waals surface area contributed by atoms with Gasteiger partial charge in [0.25, 0.3) is 5.56 Å². The van der Waals surface area contributed by atoms with E-state index in [1.54, 1.807) is 4.57 Å². The summed E-state index contributed by atoms with van der Waals surface area (Å²) in [5.41, 5.74) is 7.00. The monoisotopic (exact) mass is 443 g/mol. The summed E-state index contributed by atoms with van der Waals surface area (Å²) in [5.74, 6) is 0.0402. The normalized spacial score (nSPS) is 12.4. The van der Waals surface area contributed by atoms with Crippen LogP contribution in [0.2, 0.25) is 0 Å². The van der Waals surface area contributed by atoms with E-state index < -0.39 is 0 Å². The third-order valence-electron chi connectivity index (χ3n) is 5.05. The minimum absolute atomic E-state index is 0.0402. The maximum absolute atomic E-state index is 12.0. The van der Waals surface area contributed by atoms with Crippen LogP contribution < -0.4 is 11.3 Å². The minimum Gasteiger partial charge on any atom is -0.379 e. The zero-order valence-corrected chi connectivity index (χ0v) is 18.7. The van der Waals surface area contributed by atoms with Crippen LogP contribution in [0.1, 0.15) is 44.6 Å². The van der Waals surface area contributed by atoms with Crippen molar-refractivity contribution in [2.75, 3.05) is 25.6 Å². The number of nitrogen functional groups attached to an aromatic ring is 1. The molecule has 32 heavy (non-hydrogen) atoms. The van der Waals surface area contributed by atoms with Crippen LogP contribution in [0.15, 0.2) is 41.5 Å². The number of ether oxygens (including phenoxy) is 3. The molecule has 2 aromatic heterocycles. The van der Waals surface area contributed by atoms with Crippen LogP contribution in [0.4, 0.5) is 5.95 Å². The van der Waals surface area contributed by atoms with E-state index in [1.807, 2.05) is 30.3 Å². The molecule has 0 saturated heterocycles. The summed E-state index contributed by atoms with van der Waals surface area (Å²) >= 11 is 0. The first-order valence-corrected chi connectivity index (χ1v) is 11.2. The van der Waals surface area contributed by atoms with Gasteiger partial charge in [0.1, 0.15) is 12.8 Å². The van der Waals surface area contributed by atoms with Crippen molar-refractivity contribution in [3.05, 3.63) is 52.6 Å². The lowest BCUT2D eigenvalue weighted by Gasteiger charge is -2.19. The third-order valence-corrected chi connectivity index (χ3v) is 5.05. The molecule has 1 atom stereocenters. The van der Waals surface area contributed by atoms with Gasteiger partial charge in [-0.2, -0.15) is 4.98 Å². The molecule has 0 spiro atoms. The lowest BCUT2D eigenvalue weighted by molar-refractivity contribution is -0.0842. The van der Waals surface area contributed by atoms with Gasteiger partial charge in [-0.1, -0.05) is 62.9 Å². The van der Waals surface area contributed by atoms with Gasteiger partial charge in [-0.25, -0.2) is 4.98 Å². The molecular weight excluding hydrogens is 410 g/mol. The summed E-state index contributed by atoms with van der Waals surface area (Å²) in [4.78, 5) is 22.7. The molecule has 3 N–H and O–H groups in total. The van der Waals surface area contributed by atoms with Gasteiger partial charge in [-0.05, 0) is 12.0 Å². The second-order valence-corrected chi connectivity index (χ2v) is 7.75. The highest BCUT2D eigenvalue weighted by Gasteiger charge is 2.14. The molecule has 0 radical (unpaired) electrons. The summed E-state index contributed by atoms with van der Waals surface area (Å²) in [5, 5.41) is 0. The molecule has 174 valence electrons. The Kier molecular flexibility index (Phi) is 9.67. The van der Waals surface area contributed by atoms with Crippen molar-refractivity contribution >= 4 is 17.1 Å². The number of hydrogen-bond donors (Lipinski definition) is 2. The van der Waals surface area contributed by atoms with Crippen LogP contribution in [-0.2, 0) is 27.5 Å². The highest BCUT2D eigenvalue weighted by atomic mass is 16.6. The number of imidazole rings is 1. The molecule has 0 fully saturated rings. The Morgan fingerprint density at radius 2 is 1.88 bits per heavy atom. The molecule has 0 aliphatic carbocycles. The summed E-state index contributed by atoms with van der Waals surface area (Å²) < 4.78 is 19.4. The van der Waals surface area contributed by atoms with E-state index in [9.17, 15) is 4.79 Å². The fraction of sp³-hybridized carbons (Fsp3) is 0.522. The molecule has 0 saturated carbocycles. The first-order valence-electron chi connectivity index (χ1n) is 11.2. The first-order chi connectivity index (χ1) is 15.7. The van der Waals surface area contributed by atoms with E-state index in [2.05, 4.69) is 21.9 Å². The van der Waals surface area contributed by atoms with Gasteiger partial charge in [0.2, 0.25) is 5.95 Å². The van der Waals surface area contributed by atoms with Crippen molar-refractivity contribution in [2.24, 2.45) is 0 Å². The fourth-order valence-corrected chi connectivity index (χ4v) is 3.30. The minimum atomic E-state index is -0.375. The molecule has 1 aromatic carbocycles. The van der Waals surface area contributed by atoms with Crippen molar-refractivity contribution in [3.8, 4) is 0 Å². The molecule has 0 amide bonds. The molecular formula is C23H33N5O4. The van der Waals surface area contributed by atoms with Crippen LogP contribution in [0.3, 0.4) is 0 Å². The molecule has 3 rings (SSSR count). The second kappa shape index (κ2) is 12.9. The highest BCUT2D eigenvalue weighted by Crippen LogP contribution is 2.09. The zero-order chi connectivity index (χ0) is 22.6. The van der Waals surface area contributed by atoms with E-state index in [0.717, 1.165) is 12.0 Å². The molecule has 0 aliphatic rings. The van der Waals surface area contributed by atoms with Crippen molar-refractivity contribution in [1.82, 2.24) is 19.5 Å². The summed E-state index contributed by atoms with van der Waals surface area (Å²) in [6.45, 7) is 4.37. The lowest BCUT2D eigenvalue weighted by Crippen LogP contribution is -2.27. The van der Waals surface area contributed by atoms with Crippen LogP contribution in [0, 0.1) is 0 Å². The van der Waals surface area contributed by atoms with Gasteiger partial charge < -0.3 is 19.9 Å². The quantitative estimate of drug-likeness (QED) is 0.346. The lowest BCUT2D eigenvalue weighted by atomic mass is 10.2. The average molecular weight is 444 g/mol. The Bertz CT molecular complexity index is 989. The maximum atomic E-state index is 12.0. The molecule has 0 aliphatic heterocycles. The van der Waals surface area contributed by atoms with Crippen molar-refractivity contribution in [1.29, 1.82) is 0 Å². The SMILES string of the molecule is CCCCCCCOCC(COCc1ccccc1)OCn1cnc2c(=O)[nH]c(N)nc21. The van der Waals surface area contributed by atoms with Gasteiger partial charge in [-0.3, -0.25) is 14.3 Å². The standard InChI is InChI=1S/C23H33N5O4/c1-2-3-4-5-9-12-30-14-19(15-31-13-18-10-7-6-8-11-18)32-17-28-16-25-20-21(28)26-23(24)27-22(20)29/h6-8,10-11,16,19H,2-5,9,12-15,17H2,1H3,(H3,24,26,27,29). The molecule has 2 heterocycles. The second-order valence-electron chi connectivity index (χ2n) is 7.75. The molecule has 9 nitrogen and oxygen atoms in total. The van der Waals surface area contributed by atoms with Crippen LogP contribution in [0.5, 0.6) is 0 Å². The van der Waals surface area contributed by atoms with E-state index in [1.165, 1.54) is 32.0 Å². The number of benzene rings is 1. The van der Waals surface area contributed by atoms with E-state index >= 15 is 0 Å². The van der Waals surface area contributed by atoms with E-state index in [4.69, 9.17) is 19.9 Å². The number of anilines is 1. The predicted octanol–water partition coefficient (Wildman–Crippen LogP) is 3.25. The third kappa shape index (κ3) is 7.44. The van der Waals surface area contributed by atoms with E-state index in [0.29, 0.717) is 32.1 Å². The number of unbranched alkanes of at least 4 members (excludes halogenated alkanes) is 4. The largest absolute Gasteiger partial charge is 0.379 e. The Hall–Kier alpha value is -2.75. The number of nitrogens with one attached hydrogen (secondary N) is 1. The Morgan fingerprint density at radius 1 is 1.09 bits per heavy atom. The highest BCUT2D eigenvalue weighted by molar-refractivity contribution is 5.70. The van der Waals surface area contributed by atoms with Gasteiger partial charge in [-0.15, -0.1) is 0 Å². The van der Waals surface area contributed by atoms with Gasteiger partial charge in [0, 0.05) is 6.61 Å². The molecule has 1 unspecified atom stereocenters. The predicted molar refractivity (Wildman–Crippen MR) is 123 cm³/mol. The number of nitrogens with two attached hydrogens (primary N) is 1. The van der Waals surface area contributed by atoms with Crippen LogP contribution in [0.25, 0.3) is 11.2 Å². The summed E-state index contributed by atoms with van der Waals surface area (Å²) in [7, 11) is 0. The number of H-pyrrole nitrogens is 1. The van der Waals surface area contributed by atoms with E-state index in [-0.39, 0.29) is 29.9 Å². The fourth-order valence-electron chi connectivity index (χ4n) is 3.30. The Balaban J connectivity index is 1.53. The van der Waals surface area contributed by atoms with Gasteiger partial charge in [0.05, 0.1) is 26.1 Å². The van der Waals surface area contributed by atoms with Crippen molar-refractivity contribution in [2.45, 2.75) is 58.5 Å². The first kappa shape index (κ1) is 23.9. The summed E-state index contributed by atoms with van der Waals surface area (Å²) in [6.07, 6.45) is 7.18. The average Bonchev–Trinajstić information content (AvgIpc) is 3.20. The molecule has 9 heteroatoms. The number of nitrogens with zero attached hydrogens (tertiary/aromatic N) is 3. The zero-order valence-electron chi connectivity index (χ0n) is 18.7. The number of rotatable bonds is 15. The topological polar surface area (TPSA) is 117 Å². The van der Waals surface area contributed by atoms with Crippen LogP contribution in [-0.4, -0.2) is 45.4 Å². The van der Waals surface area contributed by atoms with Gasteiger partial charge >= 0.3 is 0 Å². The summed E-state index contributed by atoms with van der Waals surface area (Å²) in [6, 6.07) is 9.99. The van der Waals surface area contributed by atoms with Crippen LogP contribution >= 0.6 is 0 Å². The Labute approximate surface area is 187 Å². The Morgan fingerprint density at radius 3 is 2.69 bits per heavy atom. The number of aromatic amines is 1. The maximum Gasteiger partial charge on any atom is 0.280 e. The van der Waals surface area contributed by atoms with Gasteiger partial charge in [0.15, 0.2) is 11.2 Å². The number of hydrogen-bond acceptors (Lipinski definition) is 7. The smallest absolute Gasteiger partial charge is 0.280 e. The van der Waals surface area contributed by atoms with Crippen molar-refractivity contribution in [3.63, 3.8) is 0 Å². The molecule has 3 aromatic rings. The van der Waals surface area contributed by atoms with Crippen molar-refractivity contribution < 1.29 is 14.2 Å². The number of aromatic nitrogens is 4. The molecule has 0 bridgehead atoms. The number of fused-ring (bicyclic) bond motifs is 1.